The first-order valence-corrected chi connectivity index (χ1v) is 22.3. The highest BCUT2D eigenvalue weighted by atomic mass is 16.7. The number of rotatable bonds is 35. The molecule has 0 spiro atoms. The molecule has 0 aromatic carbocycles. The second kappa shape index (κ2) is 38.1. The maximum Gasteiger partial charge on any atom is 0.335 e. The van der Waals surface area contributed by atoms with Crippen molar-refractivity contribution in [3.63, 3.8) is 0 Å². The van der Waals surface area contributed by atoms with E-state index in [0.29, 0.717) is 19.3 Å². The quantitative estimate of drug-likeness (QED) is 0.0272. The SMILES string of the molecule is CC/C=C\C/C=C\C/C=C\C/C=C\C/C=C\CCCC(=O)OCC(COC1OC(C(=O)O)C(O)C(O)C1O)OC(=O)CCCCCCCCC/C=C\C/C=C\C/C=C\CC. The van der Waals surface area contributed by atoms with Crippen LogP contribution in [0.4, 0.5) is 0 Å². The molecule has 0 aliphatic carbocycles. The molecule has 1 rings (SSSR count). The molecule has 0 amide bonds. The molecule has 0 saturated carbocycles. The van der Waals surface area contributed by atoms with Crippen molar-refractivity contribution in [3.8, 4) is 0 Å². The maximum atomic E-state index is 12.8. The van der Waals surface area contributed by atoms with E-state index in [9.17, 15) is 34.8 Å². The van der Waals surface area contributed by atoms with Crippen LogP contribution < -0.4 is 0 Å². The van der Waals surface area contributed by atoms with Gasteiger partial charge in [0.05, 0.1) is 6.61 Å². The van der Waals surface area contributed by atoms with Gasteiger partial charge in [-0.1, -0.05) is 143 Å². The summed E-state index contributed by atoms with van der Waals surface area (Å²) in [5, 5.41) is 39.8. The summed E-state index contributed by atoms with van der Waals surface area (Å²) >= 11 is 0. The number of carboxylic acids is 1. The number of hydrogen-bond acceptors (Lipinski definition) is 10. The lowest BCUT2D eigenvalue weighted by Crippen LogP contribution is -2.60. The first kappa shape index (κ1) is 54.1. The molecule has 60 heavy (non-hydrogen) atoms. The summed E-state index contributed by atoms with van der Waals surface area (Å²) < 4.78 is 21.7. The zero-order valence-electron chi connectivity index (χ0n) is 36.4. The van der Waals surface area contributed by atoms with E-state index < -0.39 is 61.3 Å². The predicted molar refractivity (Wildman–Crippen MR) is 238 cm³/mol. The van der Waals surface area contributed by atoms with Gasteiger partial charge in [-0.05, 0) is 83.5 Å². The summed E-state index contributed by atoms with van der Waals surface area (Å²) in [5.74, 6) is -2.55. The minimum atomic E-state index is -1.88. The predicted octanol–water partition coefficient (Wildman–Crippen LogP) is 9.64. The van der Waals surface area contributed by atoms with Gasteiger partial charge in [-0.2, -0.15) is 0 Å². The van der Waals surface area contributed by atoms with Gasteiger partial charge >= 0.3 is 17.9 Å². The average Bonchev–Trinajstić information content (AvgIpc) is 3.23. The molecule has 1 fully saturated rings. The lowest BCUT2D eigenvalue weighted by molar-refractivity contribution is -0.298. The van der Waals surface area contributed by atoms with Crippen LogP contribution in [-0.2, 0) is 33.3 Å². The largest absolute Gasteiger partial charge is 0.479 e. The molecule has 0 bridgehead atoms. The smallest absolute Gasteiger partial charge is 0.335 e. The molecule has 1 aliphatic heterocycles. The van der Waals surface area contributed by atoms with Crippen molar-refractivity contribution in [1.82, 2.24) is 0 Å². The lowest BCUT2D eigenvalue weighted by Gasteiger charge is -2.38. The fourth-order valence-corrected chi connectivity index (χ4v) is 5.99. The van der Waals surface area contributed by atoms with Crippen LogP contribution in [0.5, 0.6) is 0 Å². The molecule has 338 valence electrons. The van der Waals surface area contributed by atoms with Crippen molar-refractivity contribution in [2.45, 2.75) is 179 Å². The summed E-state index contributed by atoms with van der Waals surface area (Å²) in [6.07, 6.45) is 41.7. The van der Waals surface area contributed by atoms with Gasteiger partial charge in [-0.25, -0.2) is 4.79 Å². The van der Waals surface area contributed by atoms with E-state index in [0.717, 1.165) is 96.3 Å². The number of unbranched alkanes of at least 4 members (excludes halogenated alkanes) is 8. The topological polar surface area (TPSA) is 169 Å². The Morgan fingerprint density at radius 3 is 1.45 bits per heavy atom. The first-order valence-electron chi connectivity index (χ1n) is 22.3. The van der Waals surface area contributed by atoms with Gasteiger partial charge in [0.1, 0.15) is 24.9 Å². The summed E-state index contributed by atoms with van der Waals surface area (Å²) in [4.78, 5) is 36.8. The Morgan fingerprint density at radius 2 is 0.950 bits per heavy atom. The number of ether oxygens (including phenoxy) is 4. The number of aliphatic carboxylic acids is 1. The van der Waals surface area contributed by atoms with Gasteiger partial charge in [-0.15, -0.1) is 0 Å². The number of aliphatic hydroxyl groups excluding tert-OH is 3. The molecule has 1 saturated heterocycles. The van der Waals surface area contributed by atoms with Gasteiger partial charge in [0.25, 0.3) is 0 Å². The van der Waals surface area contributed by atoms with Gasteiger partial charge < -0.3 is 39.4 Å². The molecule has 0 radical (unpaired) electrons. The molecule has 1 aliphatic rings. The zero-order valence-corrected chi connectivity index (χ0v) is 36.4. The van der Waals surface area contributed by atoms with Crippen LogP contribution in [0.2, 0.25) is 0 Å². The number of allylic oxidation sites excluding steroid dienone is 16. The van der Waals surface area contributed by atoms with Crippen molar-refractivity contribution in [2.75, 3.05) is 13.2 Å². The highest BCUT2D eigenvalue weighted by Crippen LogP contribution is 2.23. The summed E-state index contributed by atoms with van der Waals surface area (Å²) in [7, 11) is 0. The molecular weight excluding hydrogens is 765 g/mol. The van der Waals surface area contributed by atoms with Crippen LogP contribution in [0.3, 0.4) is 0 Å². The molecule has 11 heteroatoms. The molecule has 11 nitrogen and oxygen atoms in total. The van der Waals surface area contributed by atoms with E-state index in [-0.39, 0.29) is 19.4 Å². The highest BCUT2D eigenvalue weighted by Gasteiger charge is 2.47. The van der Waals surface area contributed by atoms with E-state index in [1.54, 1.807) is 0 Å². The van der Waals surface area contributed by atoms with E-state index in [1.165, 1.54) is 0 Å². The Balaban J connectivity index is 2.43. The van der Waals surface area contributed by atoms with Crippen LogP contribution in [0.15, 0.2) is 97.2 Å². The van der Waals surface area contributed by atoms with E-state index in [2.05, 4.69) is 98.9 Å². The Morgan fingerprint density at radius 1 is 0.517 bits per heavy atom. The highest BCUT2D eigenvalue weighted by molar-refractivity contribution is 5.73. The normalized spacial score (nSPS) is 20.7. The Bertz CT molecular complexity index is 1360. The molecule has 6 atom stereocenters. The molecule has 1 heterocycles. The summed E-state index contributed by atoms with van der Waals surface area (Å²) in [5.41, 5.74) is 0. The standard InChI is InChI=1S/C49H76O11/c1-3-5-7-9-11-13-15-17-19-21-23-25-27-29-31-33-35-37-42(50)57-39-41(40-58-49-46(54)44(52)45(53)47(60-49)48(55)56)59-43(51)38-36-34-32-30-28-26-24-22-20-18-16-14-12-10-8-6-4-2/h5-8,11-14,17-20,23,25,29,31,41,44-47,49,52-54H,3-4,9-10,15-16,21-22,24,26-28,30,32-40H2,1-2H3,(H,55,56)/b7-5-,8-6-,13-11-,14-12-,19-17-,20-18-,25-23-,31-29-. The average molecular weight is 841 g/mol. The summed E-state index contributed by atoms with van der Waals surface area (Å²) in [6, 6.07) is 0. The molecule has 0 aromatic rings. The first-order chi connectivity index (χ1) is 29.2. The fraction of sp³-hybridized carbons (Fsp3) is 0.612. The number of carboxylic acid groups (broad SMARTS) is 1. The van der Waals surface area contributed by atoms with Crippen molar-refractivity contribution in [3.05, 3.63) is 97.2 Å². The van der Waals surface area contributed by atoms with Crippen LogP contribution in [-0.4, -0.2) is 88.4 Å². The third-order valence-electron chi connectivity index (χ3n) is 9.43. The number of carbonyl (C=O) groups excluding carboxylic acids is 2. The minimum absolute atomic E-state index is 0.149. The third kappa shape index (κ3) is 29.4. The van der Waals surface area contributed by atoms with Crippen LogP contribution >= 0.6 is 0 Å². The maximum absolute atomic E-state index is 12.8. The second-order valence-corrected chi connectivity index (χ2v) is 14.8. The molecule has 6 unspecified atom stereocenters. The van der Waals surface area contributed by atoms with Crippen LogP contribution in [0.1, 0.15) is 142 Å². The van der Waals surface area contributed by atoms with Gasteiger partial charge in [-0.3, -0.25) is 9.59 Å². The Labute approximate surface area is 360 Å². The summed E-state index contributed by atoms with van der Waals surface area (Å²) in [6.45, 7) is 3.51. The number of carbonyl (C=O) groups is 3. The van der Waals surface area contributed by atoms with Gasteiger partial charge in [0.15, 0.2) is 18.5 Å². The van der Waals surface area contributed by atoms with Gasteiger partial charge in [0.2, 0.25) is 0 Å². The Hall–Kier alpha value is -3.87. The third-order valence-corrected chi connectivity index (χ3v) is 9.43. The van der Waals surface area contributed by atoms with Crippen molar-refractivity contribution >= 4 is 17.9 Å². The van der Waals surface area contributed by atoms with Crippen molar-refractivity contribution in [1.29, 1.82) is 0 Å². The second-order valence-electron chi connectivity index (χ2n) is 14.8. The molecule has 4 N–H and O–H groups in total. The number of hydrogen-bond donors (Lipinski definition) is 4. The molecular formula is C49H76O11. The van der Waals surface area contributed by atoms with Crippen LogP contribution in [0.25, 0.3) is 0 Å². The fourth-order valence-electron chi connectivity index (χ4n) is 5.99. The van der Waals surface area contributed by atoms with E-state index in [1.807, 2.05) is 12.2 Å². The number of aliphatic hydroxyl groups is 3. The van der Waals surface area contributed by atoms with Crippen molar-refractivity contribution in [2.24, 2.45) is 0 Å². The van der Waals surface area contributed by atoms with Gasteiger partial charge in [0, 0.05) is 12.8 Å². The Kier molecular flexibility index (Phi) is 34.4. The van der Waals surface area contributed by atoms with Crippen molar-refractivity contribution < 1.29 is 53.8 Å². The van der Waals surface area contributed by atoms with E-state index >= 15 is 0 Å². The lowest BCUT2D eigenvalue weighted by atomic mass is 9.99. The zero-order chi connectivity index (χ0) is 43.9. The minimum Gasteiger partial charge on any atom is -0.479 e. The monoisotopic (exact) mass is 841 g/mol. The molecule has 0 aromatic heterocycles. The van der Waals surface area contributed by atoms with Crippen LogP contribution in [0, 0.1) is 0 Å². The van der Waals surface area contributed by atoms with E-state index in [4.69, 9.17) is 18.9 Å². The number of esters is 2.